The van der Waals surface area contributed by atoms with Gasteiger partial charge >= 0.3 is 28.9 Å². The molecule has 0 radical (unpaired) electrons. The van der Waals surface area contributed by atoms with Gasteiger partial charge in [0, 0.05) is 27.8 Å². The summed E-state index contributed by atoms with van der Waals surface area (Å²) in [5.41, 5.74) is -4.12. The summed E-state index contributed by atoms with van der Waals surface area (Å²) in [4.78, 5) is 22.7. The minimum atomic E-state index is -5.68. The molecule has 0 fully saturated rings. The van der Waals surface area contributed by atoms with Crippen LogP contribution in [0.2, 0.25) is 0 Å². The Kier molecular flexibility index (Phi) is 54.1. The van der Waals surface area contributed by atoms with Gasteiger partial charge in [-0.2, -0.15) is 17.2 Å². The zero-order chi connectivity index (χ0) is 33.4. The van der Waals surface area contributed by atoms with Crippen molar-refractivity contribution in [3.8, 4) is 0 Å². The van der Waals surface area contributed by atoms with Crippen molar-refractivity contribution in [3.63, 3.8) is 0 Å². The highest BCUT2D eigenvalue weighted by molar-refractivity contribution is 7.63. The molecule has 0 aliphatic rings. The lowest BCUT2D eigenvalue weighted by Gasteiger charge is -2.07. The third kappa shape index (κ3) is 135. The van der Waals surface area contributed by atoms with Crippen LogP contribution >= 0.6 is 30.7 Å². The van der Waals surface area contributed by atoms with E-state index < -0.39 is 36.4 Å². The van der Waals surface area contributed by atoms with E-state index in [1.165, 1.54) is 46.4 Å². The molecule has 0 spiro atoms. The van der Waals surface area contributed by atoms with Gasteiger partial charge in [-0.05, 0) is 6.30 Å². The van der Waals surface area contributed by atoms with Crippen LogP contribution in [0.25, 0.3) is 0 Å². The Morgan fingerprint density at radius 3 is 0.789 bits per heavy atom. The molecular weight excluding hydrogens is 606 g/mol. The zero-order valence-corrected chi connectivity index (χ0v) is 28.8. The number of rotatable bonds is 4. The van der Waals surface area contributed by atoms with Gasteiger partial charge in [0.15, 0.2) is 7.42 Å². The van der Waals surface area contributed by atoms with Crippen LogP contribution < -0.4 is 0 Å². The van der Waals surface area contributed by atoms with Gasteiger partial charge in [0.1, 0.15) is 0 Å². The first-order valence-electron chi connectivity index (χ1n) is 11.6. The topological polar surface area (TPSA) is 130 Å². The zero-order valence-electron chi connectivity index (χ0n) is 25.2. The van der Waals surface area contributed by atoms with Gasteiger partial charge in [0.05, 0.1) is 6.16 Å². The molecule has 0 amide bonds. The van der Waals surface area contributed by atoms with E-state index >= 15 is 0 Å². The Hall–Kier alpha value is 0.370. The Morgan fingerprint density at radius 2 is 0.789 bits per heavy atom. The molecule has 18 heteroatoms. The third-order valence-electron chi connectivity index (χ3n) is 1.48. The molecule has 0 bridgehead atoms. The molecule has 4 atom stereocenters. The van der Waals surface area contributed by atoms with Crippen molar-refractivity contribution in [2.75, 3.05) is 27.0 Å². The van der Waals surface area contributed by atoms with E-state index in [1.54, 1.807) is 0 Å². The summed E-state index contributed by atoms with van der Waals surface area (Å²) in [6, 6.07) is 0. The Bertz CT molecular complexity index is 555. The second-order valence-corrected chi connectivity index (χ2v) is 14.2. The van der Waals surface area contributed by atoms with Gasteiger partial charge in [0.25, 0.3) is 0 Å². The summed E-state index contributed by atoms with van der Waals surface area (Å²) >= 11 is 0. The van der Waals surface area contributed by atoms with Crippen molar-refractivity contribution in [1.29, 1.82) is 0 Å². The minimum Gasteiger partial charge on any atom is -0.337 e. The summed E-state index contributed by atoms with van der Waals surface area (Å²) in [5, 5.41) is 0. The van der Waals surface area contributed by atoms with E-state index in [9.17, 15) is 39.3 Å². The normalized spacial score (nSPS) is 15.5. The molecule has 4 unspecified atom stereocenters. The molecule has 0 aromatic carbocycles. The van der Waals surface area contributed by atoms with Crippen molar-refractivity contribution < 1.29 is 63.0 Å². The molecule has 0 heterocycles. The number of hydrogen-bond acceptors (Lipinski definition) is 5. The SMILES string of the molecule is C=P(C)(F)OC.CC(F)(F)P(=O)(O)F.CCC.CCC.CCC.CCC.CCP(=O)(O)F.COP(=O)(O)F. The van der Waals surface area contributed by atoms with Crippen LogP contribution in [0.5, 0.6) is 0 Å². The maximum absolute atomic E-state index is 11.9. The van der Waals surface area contributed by atoms with Gasteiger partial charge in [0.2, 0.25) is 0 Å². The molecule has 244 valence electrons. The van der Waals surface area contributed by atoms with Crippen LogP contribution in [-0.4, -0.2) is 53.7 Å². The lowest BCUT2D eigenvalue weighted by Crippen LogP contribution is -2.06. The fraction of sp³-hybridized carbons (Fsp3) is 0.950. The van der Waals surface area contributed by atoms with Crippen LogP contribution in [0, 0.1) is 0 Å². The molecule has 0 aromatic rings. The fourth-order valence-corrected chi connectivity index (χ4v) is 0. The van der Waals surface area contributed by atoms with Crippen LogP contribution in [0.15, 0.2) is 0 Å². The smallest absolute Gasteiger partial charge is 0.337 e. The van der Waals surface area contributed by atoms with Crippen molar-refractivity contribution in [1.82, 2.24) is 0 Å². The highest BCUT2D eigenvalue weighted by Crippen LogP contribution is 2.57. The van der Waals surface area contributed by atoms with E-state index in [0.29, 0.717) is 0 Å². The Balaban J connectivity index is -0.0000000465. The maximum Gasteiger partial charge on any atom is 0.510 e. The van der Waals surface area contributed by atoms with Crippen LogP contribution in [0.4, 0.5) is 25.6 Å². The van der Waals surface area contributed by atoms with E-state index in [-0.39, 0.29) is 13.1 Å². The van der Waals surface area contributed by atoms with Gasteiger partial charge in [-0.1, -0.05) is 88.0 Å². The molecule has 0 rings (SSSR count). The predicted molar refractivity (Wildman–Crippen MR) is 153 cm³/mol. The summed E-state index contributed by atoms with van der Waals surface area (Å²) in [5.74, 6) is 0. The second-order valence-electron chi connectivity index (χ2n) is 6.91. The van der Waals surface area contributed by atoms with Gasteiger partial charge in [-0.25, -0.2) is 13.3 Å². The summed E-state index contributed by atoms with van der Waals surface area (Å²) in [6.45, 7) is 19.7. The molecule has 38 heavy (non-hydrogen) atoms. The average Bonchev–Trinajstić information content (AvgIpc) is 2.69. The van der Waals surface area contributed by atoms with E-state index in [4.69, 9.17) is 14.7 Å². The molecule has 8 nitrogen and oxygen atoms in total. The summed E-state index contributed by atoms with van der Waals surface area (Å²) in [7, 11) is -15.0. The highest BCUT2D eigenvalue weighted by Gasteiger charge is 2.45. The molecule has 3 N–H and O–H groups in total. The largest absolute Gasteiger partial charge is 0.510 e. The van der Waals surface area contributed by atoms with Crippen molar-refractivity contribution >= 4 is 37.0 Å². The van der Waals surface area contributed by atoms with Crippen molar-refractivity contribution in [2.45, 2.75) is 101 Å². The van der Waals surface area contributed by atoms with Crippen LogP contribution in [0.3, 0.4) is 0 Å². The maximum atomic E-state index is 11.9. The minimum absolute atomic E-state index is 0.0494. The van der Waals surface area contributed by atoms with E-state index in [2.05, 4.69) is 70.7 Å². The average molecular weight is 661 g/mol. The van der Waals surface area contributed by atoms with Gasteiger partial charge < -0.3 is 14.3 Å². The number of hydrogen-bond donors (Lipinski definition) is 3. The predicted octanol–water partition coefficient (Wildman–Crippen LogP) is 10.8. The molecule has 0 aliphatic heterocycles. The van der Waals surface area contributed by atoms with E-state index in [0.717, 1.165) is 7.11 Å². The second kappa shape index (κ2) is 35.4. The molecular formula is C20H54F6O8P4. The first-order valence-corrected chi connectivity index (χ1v) is 18.5. The van der Waals surface area contributed by atoms with Crippen LogP contribution in [-0.2, 0) is 22.7 Å². The van der Waals surface area contributed by atoms with Crippen molar-refractivity contribution in [3.05, 3.63) is 0 Å². The number of alkyl halides is 2. The Labute approximate surface area is 227 Å². The third-order valence-corrected chi connectivity index (χ3v) is 4.44. The quantitative estimate of drug-likeness (QED) is 0.201. The molecule has 0 aliphatic carbocycles. The number of halogens is 6. The van der Waals surface area contributed by atoms with Crippen molar-refractivity contribution in [2.24, 2.45) is 0 Å². The molecule has 0 saturated carbocycles. The van der Waals surface area contributed by atoms with Gasteiger partial charge in [-0.3, -0.25) is 14.0 Å². The fourth-order valence-electron chi connectivity index (χ4n) is 0. The monoisotopic (exact) mass is 660 g/mol. The molecule has 0 aromatic heterocycles. The lowest BCUT2D eigenvalue weighted by atomic mass is 10.6. The lowest BCUT2D eigenvalue weighted by molar-refractivity contribution is 0.0873. The summed E-state index contributed by atoms with van der Waals surface area (Å²) < 4.78 is 104. The van der Waals surface area contributed by atoms with Gasteiger partial charge in [-0.15, -0.1) is 4.20 Å². The standard InChI is InChI=1S/C3H8FOP.4C3H8.C2H4F3O2P.C2H6FO2P.CH4FO3P/c1-5-6(2,3)4;4*1-3-2;1-2(3,4)8(5,6)7;1-2-6(3,4)5;1-5-6(2,3)4/h2H2,1,3H3;4*3H2,1-2H3;1H3,(H,6,7);2H2,1H3,(H,4,5);1H3,(H,3,4). The first-order chi connectivity index (χ1) is 16.6. The molecule has 0 saturated heterocycles. The summed E-state index contributed by atoms with van der Waals surface area (Å²) in [6.07, 6.45) is 7.83. The van der Waals surface area contributed by atoms with Crippen LogP contribution in [0.1, 0.15) is 94.9 Å². The highest BCUT2D eigenvalue weighted by atomic mass is 31.2. The first kappa shape index (κ1) is 58.1. The Morgan fingerprint density at radius 1 is 0.684 bits per heavy atom. The van der Waals surface area contributed by atoms with E-state index in [1.807, 2.05) is 0 Å².